The Morgan fingerprint density at radius 2 is 1.60 bits per heavy atom. The molecule has 7 nitrogen and oxygen atoms in total. The van der Waals surface area contributed by atoms with Gasteiger partial charge in [-0.1, -0.05) is 12.1 Å². The van der Waals surface area contributed by atoms with Crippen LogP contribution in [0.3, 0.4) is 0 Å². The minimum Gasteiger partial charge on any atom is -0.274 e. The Kier molecular flexibility index (Phi) is 2.65. The van der Waals surface area contributed by atoms with Crippen LogP contribution in [0.15, 0.2) is 24.3 Å². The summed E-state index contributed by atoms with van der Waals surface area (Å²) in [6.07, 6.45) is -0.128. The van der Waals surface area contributed by atoms with Gasteiger partial charge in [0.2, 0.25) is 5.91 Å². The Morgan fingerprint density at radius 1 is 1.05 bits per heavy atom. The van der Waals surface area contributed by atoms with Gasteiger partial charge in [0.1, 0.15) is 0 Å². The maximum atomic E-state index is 12.2. The van der Waals surface area contributed by atoms with Crippen LogP contribution in [0.5, 0.6) is 0 Å². The highest BCUT2D eigenvalue weighted by atomic mass is 32.2. The van der Waals surface area contributed by atoms with Crippen LogP contribution in [-0.4, -0.2) is 36.4 Å². The van der Waals surface area contributed by atoms with Crippen LogP contribution in [0.1, 0.15) is 33.6 Å². The van der Waals surface area contributed by atoms with Crippen LogP contribution < -0.4 is 4.72 Å². The molecule has 0 radical (unpaired) electrons. The molecule has 0 aromatic heterocycles. The molecule has 1 saturated heterocycles. The molecule has 1 fully saturated rings. The number of sulfonamides is 1. The third kappa shape index (κ3) is 1.72. The van der Waals surface area contributed by atoms with Crippen molar-refractivity contribution >= 4 is 27.7 Å². The second kappa shape index (κ2) is 4.14. The second-order valence-corrected chi connectivity index (χ2v) is 6.43. The first kappa shape index (κ1) is 12.8. The van der Waals surface area contributed by atoms with E-state index in [0.29, 0.717) is 0 Å². The van der Waals surface area contributed by atoms with Gasteiger partial charge in [0, 0.05) is 6.42 Å². The minimum atomic E-state index is -4.06. The zero-order valence-corrected chi connectivity index (χ0v) is 11.0. The summed E-state index contributed by atoms with van der Waals surface area (Å²) in [5.74, 6) is -1.91. The SMILES string of the molecule is O=C1CCC(N2C(=O)c3ccccc3C2=O)S(=O)(=O)N1. The molecule has 3 amide bonds. The van der Waals surface area contributed by atoms with Gasteiger partial charge in [0.05, 0.1) is 11.1 Å². The Balaban J connectivity index is 2.03. The van der Waals surface area contributed by atoms with Crippen LogP contribution in [-0.2, 0) is 14.8 Å². The Bertz CT molecular complexity index is 705. The quantitative estimate of drug-likeness (QED) is 0.726. The fourth-order valence-electron chi connectivity index (χ4n) is 2.42. The van der Waals surface area contributed by atoms with Gasteiger partial charge >= 0.3 is 0 Å². The minimum absolute atomic E-state index is 0.0443. The van der Waals surface area contributed by atoms with Crippen molar-refractivity contribution in [3.8, 4) is 0 Å². The van der Waals surface area contributed by atoms with Crippen molar-refractivity contribution in [3.63, 3.8) is 0 Å². The van der Waals surface area contributed by atoms with Gasteiger partial charge in [-0.3, -0.25) is 24.0 Å². The summed E-state index contributed by atoms with van der Waals surface area (Å²) in [7, 11) is -4.06. The number of imide groups is 1. The lowest BCUT2D eigenvalue weighted by atomic mass is 10.1. The maximum absolute atomic E-state index is 12.2. The largest absolute Gasteiger partial charge is 0.274 e. The van der Waals surface area contributed by atoms with E-state index in [1.54, 1.807) is 12.1 Å². The van der Waals surface area contributed by atoms with Gasteiger partial charge in [0.15, 0.2) is 5.37 Å². The van der Waals surface area contributed by atoms with Gasteiger partial charge in [-0.2, -0.15) is 0 Å². The van der Waals surface area contributed by atoms with Crippen molar-refractivity contribution < 1.29 is 22.8 Å². The summed E-state index contributed by atoms with van der Waals surface area (Å²) in [5, 5.41) is -1.34. The van der Waals surface area contributed by atoms with Gasteiger partial charge < -0.3 is 0 Å². The van der Waals surface area contributed by atoms with E-state index < -0.39 is 33.1 Å². The normalized spacial score (nSPS) is 24.5. The summed E-state index contributed by atoms with van der Waals surface area (Å²) in [6.45, 7) is 0. The number of hydrogen-bond donors (Lipinski definition) is 1. The molecule has 2 aliphatic heterocycles. The molecule has 0 saturated carbocycles. The van der Waals surface area contributed by atoms with Crippen molar-refractivity contribution in [3.05, 3.63) is 35.4 Å². The molecule has 0 bridgehead atoms. The van der Waals surface area contributed by atoms with Crippen molar-refractivity contribution in [2.75, 3.05) is 0 Å². The van der Waals surface area contributed by atoms with E-state index in [1.807, 2.05) is 4.72 Å². The van der Waals surface area contributed by atoms with E-state index in [1.165, 1.54) is 12.1 Å². The third-order valence-electron chi connectivity index (χ3n) is 3.35. The highest BCUT2D eigenvalue weighted by molar-refractivity contribution is 7.90. The highest BCUT2D eigenvalue weighted by Crippen LogP contribution is 2.29. The molecule has 2 heterocycles. The average molecular weight is 294 g/mol. The lowest BCUT2D eigenvalue weighted by molar-refractivity contribution is -0.120. The molecule has 104 valence electrons. The highest BCUT2D eigenvalue weighted by Gasteiger charge is 2.47. The molecule has 1 aromatic carbocycles. The fourth-order valence-corrected chi connectivity index (χ4v) is 3.88. The van der Waals surface area contributed by atoms with Crippen molar-refractivity contribution in [2.24, 2.45) is 0 Å². The number of nitrogens with one attached hydrogen (secondary N) is 1. The average Bonchev–Trinajstić information content (AvgIpc) is 2.63. The molecule has 0 spiro atoms. The lowest BCUT2D eigenvalue weighted by Crippen LogP contribution is -2.53. The number of nitrogens with zero attached hydrogens (tertiary/aromatic N) is 1. The molecule has 1 aromatic rings. The predicted molar refractivity (Wildman–Crippen MR) is 67.0 cm³/mol. The number of hydrogen-bond acceptors (Lipinski definition) is 5. The number of carbonyl (C=O) groups is 3. The molecule has 0 aliphatic carbocycles. The van der Waals surface area contributed by atoms with Gasteiger partial charge in [-0.25, -0.2) is 8.42 Å². The van der Waals surface area contributed by atoms with Crippen LogP contribution in [0.25, 0.3) is 0 Å². The molecule has 8 heteroatoms. The van der Waals surface area contributed by atoms with E-state index in [2.05, 4.69) is 0 Å². The second-order valence-electron chi connectivity index (χ2n) is 4.59. The Labute approximate surface area is 114 Å². The first-order valence-corrected chi connectivity index (χ1v) is 7.48. The summed E-state index contributed by atoms with van der Waals surface area (Å²) >= 11 is 0. The lowest BCUT2D eigenvalue weighted by Gasteiger charge is -2.28. The molecule has 2 aliphatic rings. The third-order valence-corrected chi connectivity index (χ3v) is 5.02. The summed E-state index contributed by atoms with van der Waals surface area (Å²) in [6, 6.07) is 6.16. The van der Waals surface area contributed by atoms with E-state index in [9.17, 15) is 22.8 Å². The number of rotatable bonds is 1. The molecule has 20 heavy (non-hydrogen) atoms. The zero-order valence-electron chi connectivity index (χ0n) is 10.2. The Hall–Kier alpha value is -2.22. The molecule has 1 atom stereocenters. The van der Waals surface area contributed by atoms with Gasteiger partial charge in [-0.05, 0) is 18.6 Å². The number of amides is 3. The predicted octanol–water partition coefficient (Wildman–Crippen LogP) is -0.151. The summed E-state index contributed by atoms with van der Waals surface area (Å²) < 4.78 is 25.7. The molecular formula is C12H10N2O5S. The van der Waals surface area contributed by atoms with Crippen LogP contribution >= 0.6 is 0 Å². The monoisotopic (exact) mass is 294 g/mol. The topological polar surface area (TPSA) is 101 Å². The maximum Gasteiger partial charge on any atom is 0.262 e. The zero-order chi connectivity index (χ0) is 14.5. The van der Waals surface area contributed by atoms with Gasteiger partial charge in [0.25, 0.3) is 21.8 Å². The first-order chi connectivity index (χ1) is 9.42. The number of carbonyl (C=O) groups excluding carboxylic acids is 3. The van der Waals surface area contributed by atoms with Crippen LogP contribution in [0.4, 0.5) is 0 Å². The fraction of sp³-hybridized carbons (Fsp3) is 0.250. The smallest absolute Gasteiger partial charge is 0.262 e. The molecule has 3 rings (SSSR count). The van der Waals surface area contributed by atoms with E-state index in [0.717, 1.165) is 4.90 Å². The van der Waals surface area contributed by atoms with Crippen LogP contribution in [0.2, 0.25) is 0 Å². The van der Waals surface area contributed by atoms with E-state index in [-0.39, 0.29) is 24.0 Å². The molecule has 1 unspecified atom stereocenters. The van der Waals surface area contributed by atoms with Crippen molar-refractivity contribution in [2.45, 2.75) is 18.2 Å². The van der Waals surface area contributed by atoms with Crippen molar-refractivity contribution in [1.29, 1.82) is 0 Å². The van der Waals surface area contributed by atoms with E-state index in [4.69, 9.17) is 0 Å². The van der Waals surface area contributed by atoms with Crippen molar-refractivity contribution in [1.82, 2.24) is 9.62 Å². The van der Waals surface area contributed by atoms with E-state index >= 15 is 0 Å². The summed E-state index contributed by atoms with van der Waals surface area (Å²) in [5.41, 5.74) is 0.370. The Morgan fingerprint density at radius 3 is 2.10 bits per heavy atom. The van der Waals surface area contributed by atoms with Crippen LogP contribution in [0, 0.1) is 0 Å². The standard InChI is InChI=1S/C12H10N2O5S/c15-9-5-6-10(20(18,19)13-9)14-11(16)7-3-1-2-4-8(7)12(14)17/h1-4,10H,5-6H2,(H,13,15). The number of benzene rings is 1. The molecular weight excluding hydrogens is 284 g/mol. The number of fused-ring (bicyclic) bond motifs is 1. The van der Waals surface area contributed by atoms with Gasteiger partial charge in [-0.15, -0.1) is 0 Å². The first-order valence-electron chi connectivity index (χ1n) is 5.93. The molecule has 1 N–H and O–H groups in total. The summed E-state index contributed by atoms with van der Waals surface area (Å²) in [4.78, 5) is 36.3.